The number of thioether (sulfide) groups is 1. The van der Waals surface area contributed by atoms with Crippen LogP contribution in [0.3, 0.4) is 0 Å². The van der Waals surface area contributed by atoms with E-state index >= 15 is 0 Å². The van der Waals surface area contributed by atoms with E-state index in [4.69, 9.17) is 10.5 Å². The van der Waals surface area contributed by atoms with Gasteiger partial charge in [0.1, 0.15) is 5.75 Å². The van der Waals surface area contributed by atoms with Crippen LogP contribution in [-0.2, 0) is 0 Å². The Bertz CT molecular complexity index is 417. The molecule has 19 heavy (non-hydrogen) atoms. The predicted molar refractivity (Wildman–Crippen MR) is 85.2 cm³/mol. The summed E-state index contributed by atoms with van der Waals surface area (Å²) in [4.78, 5) is 0. The lowest BCUT2D eigenvalue weighted by molar-refractivity contribution is 0.319. The predicted octanol–water partition coefficient (Wildman–Crippen LogP) is 3.76. The molecule has 0 bridgehead atoms. The molecule has 2 rings (SSSR count). The maximum Gasteiger partial charge on any atom is 0.144 e. The van der Waals surface area contributed by atoms with Gasteiger partial charge in [-0.05, 0) is 44.1 Å². The Hall–Kier alpha value is -1.03. The molecular weight excluding hydrogens is 256 g/mol. The molecular formula is C15H24N2OS. The fourth-order valence-corrected chi connectivity index (χ4v) is 3.54. The van der Waals surface area contributed by atoms with Crippen molar-refractivity contribution in [2.24, 2.45) is 0 Å². The van der Waals surface area contributed by atoms with Crippen molar-refractivity contribution < 1.29 is 4.74 Å². The Balaban J connectivity index is 1.99. The van der Waals surface area contributed by atoms with Crippen LogP contribution in [0.2, 0.25) is 0 Å². The van der Waals surface area contributed by atoms with Crippen molar-refractivity contribution in [3.63, 3.8) is 0 Å². The molecule has 0 amide bonds. The zero-order valence-electron chi connectivity index (χ0n) is 11.9. The maximum atomic E-state index is 6.16. The lowest BCUT2D eigenvalue weighted by atomic mass is 10.1. The van der Waals surface area contributed by atoms with Gasteiger partial charge in [-0.3, -0.25) is 0 Å². The average molecular weight is 280 g/mol. The van der Waals surface area contributed by atoms with Crippen molar-refractivity contribution in [2.75, 3.05) is 30.0 Å². The molecule has 4 heteroatoms. The summed E-state index contributed by atoms with van der Waals surface area (Å²) in [5.74, 6) is 2.06. The number of anilines is 2. The fourth-order valence-electron chi connectivity index (χ4n) is 2.29. The van der Waals surface area contributed by atoms with Crippen LogP contribution in [0.5, 0.6) is 5.75 Å². The lowest BCUT2D eigenvalue weighted by Gasteiger charge is -2.24. The smallest absolute Gasteiger partial charge is 0.144 e. The number of ether oxygens (including phenoxy) is 1. The van der Waals surface area contributed by atoms with Crippen molar-refractivity contribution in [1.82, 2.24) is 0 Å². The highest BCUT2D eigenvalue weighted by Gasteiger charge is 2.29. The molecule has 1 aliphatic rings. The summed E-state index contributed by atoms with van der Waals surface area (Å²) in [7, 11) is 0. The third-order valence-corrected chi connectivity index (χ3v) is 5.02. The summed E-state index contributed by atoms with van der Waals surface area (Å²) < 4.78 is 5.99. The first kappa shape index (κ1) is 14.4. The van der Waals surface area contributed by atoms with Gasteiger partial charge in [0.15, 0.2) is 0 Å². The Morgan fingerprint density at radius 1 is 1.47 bits per heavy atom. The molecule has 1 aromatic carbocycles. The normalized spacial score (nSPS) is 22.4. The molecule has 0 radical (unpaired) electrons. The summed E-state index contributed by atoms with van der Waals surface area (Å²) in [5, 5.41) is 3.49. The molecule has 106 valence electrons. The number of para-hydroxylation sites is 1. The van der Waals surface area contributed by atoms with Crippen LogP contribution in [0.15, 0.2) is 18.2 Å². The molecule has 1 saturated heterocycles. The van der Waals surface area contributed by atoms with E-state index < -0.39 is 0 Å². The van der Waals surface area contributed by atoms with Gasteiger partial charge in [-0.2, -0.15) is 11.8 Å². The molecule has 1 aromatic rings. The number of benzene rings is 1. The zero-order chi connectivity index (χ0) is 13.7. The number of rotatable bonds is 6. The van der Waals surface area contributed by atoms with Crippen LogP contribution < -0.4 is 15.8 Å². The minimum atomic E-state index is 0.340. The molecule has 1 fully saturated rings. The Labute approximate surface area is 120 Å². The summed E-state index contributed by atoms with van der Waals surface area (Å²) >= 11 is 2.05. The highest BCUT2D eigenvalue weighted by molar-refractivity contribution is 8.00. The van der Waals surface area contributed by atoms with Crippen LogP contribution >= 0.6 is 11.8 Å². The molecule has 1 heterocycles. The second kappa shape index (κ2) is 6.42. The fraction of sp³-hybridized carbons (Fsp3) is 0.600. The quantitative estimate of drug-likeness (QED) is 0.779. The Kier molecular flexibility index (Phi) is 4.86. The number of hydrogen-bond donors (Lipinski definition) is 2. The molecule has 3 nitrogen and oxygen atoms in total. The van der Waals surface area contributed by atoms with Crippen molar-refractivity contribution in [1.29, 1.82) is 0 Å². The van der Waals surface area contributed by atoms with Crippen molar-refractivity contribution in [3.05, 3.63) is 18.2 Å². The number of nitrogen functional groups attached to an aromatic ring is 1. The molecule has 0 aromatic heterocycles. The van der Waals surface area contributed by atoms with Gasteiger partial charge in [0.25, 0.3) is 0 Å². The summed E-state index contributed by atoms with van der Waals surface area (Å²) in [6.45, 7) is 6.09. The largest absolute Gasteiger partial charge is 0.491 e. The van der Waals surface area contributed by atoms with E-state index in [0.29, 0.717) is 11.4 Å². The molecule has 1 atom stereocenters. The molecule has 0 spiro atoms. The minimum Gasteiger partial charge on any atom is -0.491 e. The molecule has 0 saturated carbocycles. The second-order valence-electron chi connectivity index (χ2n) is 5.32. The van der Waals surface area contributed by atoms with Crippen molar-refractivity contribution in [3.8, 4) is 5.75 Å². The average Bonchev–Trinajstić information content (AvgIpc) is 2.84. The molecule has 0 aliphatic carbocycles. The van der Waals surface area contributed by atoms with E-state index in [1.807, 2.05) is 18.2 Å². The van der Waals surface area contributed by atoms with E-state index in [0.717, 1.165) is 30.1 Å². The maximum absolute atomic E-state index is 6.16. The first-order valence-corrected chi connectivity index (χ1v) is 8.02. The number of nitrogens with one attached hydrogen (secondary N) is 1. The Morgan fingerprint density at radius 3 is 3.00 bits per heavy atom. The highest BCUT2D eigenvalue weighted by Crippen LogP contribution is 2.38. The first-order valence-electron chi connectivity index (χ1n) is 7.04. The van der Waals surface area contributed by atoms with Gasteiger partial charge in [-0.1, -0.05) is 13.0 Å². The van der Waals surface area contributed by atoms with E-state index in [9.17, 15) is 0 Å². The zero-order valence-corrected chi connectivity index (χ0v) is 12.7. The summed E-state index contributed by atoms with van der Waals surface area (Å²) in [5.41, 5.74) is 7.87. The van der Waals surface area contributed by atoms with Crippen LogP contribution in [0, 0.1) is 0 Å². The van der Waals surface area contributed by atoms with Gasteiger partial charge in [0, 0.05) is 11.3 Å². The summed E-state index contributed by atoms with van der Waals surface area (Å²) in [6, 6.07) is 5.95. The third kappa shape index (κ3) is 3.72. The topological polar surface area (TPSA) is 47.3 Å². The van der Waals surface area contributed by atoms with E-state index in [2.05, 4.69) is 30.9 Å². The number of hydrogen-bond acceptors (Lipinski definition) is 4. The highest BCUT2D eigenvalue weighted by atomic mass is 32.2. The monoisotopic (exact) mass is 280 g/mol. The lowest BCUT2D eigenvalue weighted by Crippen LogP contribution is -2.27. The van der Waals surface area contributed by atoms with Gasteiger partial charge in [-0.15, -0.1) is 0 Å². The van der Waals surface area contributed by atoms with E-state index in [1.165, 1.54) is 18.6 Å². The molecule has 1 aliphatic heterocycles. The Morgan fingerprint density at radius 2 is 2.32 bits per heavy atom. The van der Waals surface area contributed by atoms with Gasteiger partial charge < -0.3 is 15.8 Å². The van der Waals surface area contributed by atoms with Crippen LogP contribution in [-0.4, -0.2) is 23.7 Å². The number of nitrogens with two attached hydrogens (primary N) is 1. The van der Waals surface area contributed by atoms with Crippen LogP contribution in [0.1, 0.15) is 33.1 Å². The van der Waals surface area contributed by atoms with Crippen LogP contribution in [0.4, 0.5) is 11.4 Å². The van der Waals surface area contributed by atoms with Crippen LogP contribution in [0.25, 0.3) is 0 Å². The van der Waals surface area contributed by atoms with E-state index in [-0.39, 0.29) is 0 Å². The molecule has 1 unspecified atom stereocenters. The first-order chi connectivity index (χ1) is 9.14. The SMILES string of the molecule is CCCOc1cccc(NCC2(C)CCCS2)c1N. The van der Waals surface area contributed by atoms with Crippen molar-refractivity contribution >= 4 is 23.1 Å². The van der Waals surface area contributed by atoms with E-state index in [1.54, 1.807) is 0 Å². The second-order valence-corrected chi connectivity index (χ2v) is 7.00. The minimum absolute atomic E-state index is 0.340. The van der Waals surface area contributed by atoms with Gasteiger partial charge in [0.2, 0.25) is 0 Å². The third-order valence-electron chi connectivity index (χ3n) is 3.48. The summed E-state index contributed by atoms with van der Waals surface area (Å²) in [6.07, 6.45) is 3.58. The van der Waals surface area contributed by atoms with Gasteiger partial charge in [0.05, 0.1) is 18.0 Å². The van der Waals surface area contributed by atoms with Crippen molar-refractivity contribution in [2.45, 2.75) is 37.9 Å². The standard InChI is InChI=1S/C15H24N2OS/c1-3-9-18-13-7-4-6-12(14(13)16)17-11-15(2)8-5-10-19-15/h4,6-7,17H,3,5,8-11,16H2,1-2H3. The van der Waals surface area contributed by atoms with Gasteiger partial charge in [-0.25, -0.2) is 0 Å². The molecule has 3 N–H and O–H groups in total. The van der Waals surface area contributed by atoms with Gasteiger partial charge >= 0.3 is 0 Å².